The average molecular weight is 401 g/mol. The number of carbonyl (C=O) groups is 1. The van der Waals surface area contributed by atoms with E-state index in [4.69, 9.17) is 16.6 Å². The highest BCUT2D eigenvalue weighted by molar-refractivity contribution is 6.33. The first-order chi connectivity index (χ1) is 14.0. The second-order valence-electron chi connectivity index (χ2n) is 7.59. The number of hydrogen-bond acceptors (Lipinski definition) is 3. The standard InChI is InChI=1S/C23H17ClN4O/c1-13-11-12-15(24)19-20(13)27(2)22(29)23(19)26-16-8-4-3-7-14(16)21-25-17-9-5-6-10-18(17)28(21)23/h3-12,26H,1-2H3. The van der Waals surface area contributed by atoms with E-state index in [-0.39, 0.29) is 5.91 Å². The molecule has 142 valence electrons. The van der Waals surface area contributed by atoms with E-state index in [9.17, 15) is 4.79 Å². The molecule has 6 heteroatoms. The van der Waals surface area contributed by atoms with Crippen LogP contribution < -0.4 is 10.2 Å². The van der Waals surface area contributed by atoms with Crippen LogP contribution in [0.25, 0.3) is 22.4 Å². The predicted octanol–water partition coefficient (Wildman–Crippen LogP) is 4.77. The summed E-state index contributed by atoms with van der Waals surface area (Å²) in [7, 11) is 1.81. The topological polar surface area (TPSA) is 50.2 Å². The van der Waals surface area contributed by atoms with Gasteiger partial charge in [-0.05, 0) is 42.8 Å². The largest absolute Gasteiger partial charge is 0.350 e. The molecule has 1 aromatic heterocycles. The number of imidazole rings is 1. The molecular formula is C23H17ClN4O. The predicted molar refractivity (Wildman–Crippen MR) is 115 cm³/mol. The Balaban J connectivity index is 1.83. The number of nitrogens with one attached hydrogen (secondary N) is 1. The van der Waals surface area contributed by atoms with Crippen molar-refractivity contribution >= 4 is 39.9 Å². The molecular weight excluding hydrogens is 384 g/mol. The van der Waals surface area contributed by atoms with Gasteiger partial charge in [0.25, 0.3) is 5.91 Å². The van der Waals surface area contributed by atoms with Gasteiger partial charge in [-0.3, -0.25) is 9.36 Å². The van der Waals surface area contributed by atoms with Crippen LogP contribution in [0.4, 0.5) is 11.4 Å². The Bertz CT molecular complexity index is 1360. The van der Waals surface area contributed by atoms with E-state index in [1.54, 1.807) is 11.9 Å². The van der Waals surface area contributed by atoms with Gasteiger partial charge in [0.15, 0.2) is 0 Å². The van der Waals surface area contributed by atoms with Crippen molar-refractivity contribution in [3.63, 3.8) is 0 Å². The van der Waals surface area contributed by atoms with Gasteiger partial charge in [0.2, 0.25) is 5.66 Å². The van der Waals surface area contributed by atoms with Crippen molar-refractivity contribution in [2.24, 2.45) is 0 Å². The molecule has 0 radical (unpaired) electrons. The molecule has 1 spiro atoms. The number of benzene rings is 3. The molecule has 1 amide bonds. The van der Waals surface area contributed by atoms with Gasteiger partial charge in [-0.15, -0.1) is 0 Å². The molecule has 0 bridgehead atoms. The molecule has 6 rings (SSSR count). The molecule has 3 heterocycles. The van der Waals surface area contributed by atoms with E-state index < -0.39 is 5.66 Å². The lowest BCUT2D eigenvalue weighted by atomic mass is 9.94. The molecule has 0 fully saturated rings. The number of anilines is 2. The van der Waals surface area contributed by atoms with Crippen LogP contribution in [0.2, 0.25) is 5.02 Å². The van der Waals surface area contributed by atoms with Gasteiger partial charge >= 0.3 is 0 Å². The summed E-state index contributed by atoms with van der Waals surface area (Å²) in [6.45, 7) is 2.00. The smallest absolute Gasteiger partial charge is 0.278 e. The molecule has 4 aromatic rings. The van der Waals surface area contributed by atoms with Gasteiger partial charge in [-0.25, -0.2) is 4.98 Å². The summed E-state index contributed by atoms with van der Waals surface area (Å²) >= 11 is 6.75. The summed E-state index contributed by atoms with van der Waals surface area (Å²) in [6, 6.07) is 19.7. The quantitative estimate of drug-likeness (QED) is 0.462. The summed E-state index contributed by atoms with van der Waals surface area (Å²) in [6.07, 6.45) is 0. The number of fused-ring (bicyclic) bond motifs is 8. The number of aromatic nitrogens is 2. The molecule has 0 aliphatic carbocycles. The summed E-state index contributed by atoms with van der Waals surface area (Å²) in [5.41, 5.74) is 4.98. The van der Waals surface area contributed by atoms with Gasteiger partial charge in [-0.2, -0.15) is 0 Å². The number of carbonyl (C=O) groups excluding carboxylic acids is 1. The number of likely N-dealkylation sites (N-methyl/N-ethyl adjacent to an activating group) is 1. The van der Waals surface area contributed by atoms with E-state index in [1.165, 1.54) is 0 Å². The molecule has 2 aliphatic rings. The number of hydrogen-bond donors (Lipinski definition) is 1. The Kier molecular flexibility index (Phi) is 3.09. The minimum atomic E-state index is -1.19. The van der Waals surface area contributed by atoms with Gasteiger partial charge in [0, 0.05) is 18.3 Å². The summed E-state index contributed by atoms with van der Waals surface area (Å²) < 4.78 is 2.01. The van der Waals surface area contributed by atoms with E-state index in [0.29, 0.717) is 5.02 Å². The van der Waals surface area contributed by atoms with Crippen LogP contribution >= 0.6 is 11.6 Å². The fraction of sp³-hybridized carbons (Fsp3) is 0.130. The third kappa shape index (κ3) is 1.86. The lowest BCUT2D eigenvalue weighted by Gasteiger charge is -2.38. The van der Waals surface area contributed by atoms with Crippen LogP contribution in [0, 0.1) is 6.92 Å². The fourth-order valence-corrected chi connectivity index (χ4v) is 5.10. The van der Waals surface area contributed by atoms with Crippen LogP contribution in [0.1, 0.15) is 11.1 Å². The molecule has 5 nitrogen and oxygen atoms in total. The van der Waals surface area contributed by atoms with Crippen LogP contribution in [0.15, 0.2) is 60.7 Å². The number of nitrogens with zero attached hydrogens (tertiary/aromatic N) is 3. The number of rotatable bonds is 0. The first kappa shape index (κ1) is 16.6. The minimum absolute atomic E-state index is 0.0809. The molecule has 29 heavy (non-hydrogen) atoms. The average Bonchev–Trinajstić information content (AvgIpc) is 3.23. The second-order valence-corrected chi connectivity index (χ2v) is 8.00. The molecule has 3 aromatic carbocycles. The van der Waals surface area contributed by atoms with Crippen LogP contribution in [0.3, 0.4) is 0 Å². The van der Waals surface area contributed by atoms with E-state index >= 15 is 0 Å². The number of halogens is 1. The zero-order valence-corrected chi connectivity index (χ0v) is 16.7. The third-order valence-corrected chi connectivity index (χ3v) is 6.33. The number of para-hydroxylation sites is 3. The Labute approximate surface area is 172 Å². The maximum atomic E-state index is 13.9. The maximum absolute atomic E-state index is 13.9. The van der Waals surface area contributed by atoms with E-state index in [1.807, 2.05) is 72.2 Å². The van der Waals surface area contributed by atoms with Crippen molar-refractivity contribution in [1.82, 2.24) is 9.55 Å². The summed E-state index contributed by atoms with van der Waals surface area (Å²) in [4.78, 5) is 20.5. The van der Waals surface area contributed by atoms with Crippen molar-refractivity contribution < 1.29 is 4.79 Å². The zero-order valence-electron chi connectivity index (χ0n) is 15.9. The van der Waals surface area contributed by atoms with Crippen molar-refractivity contribution in [2.75, 3.05) is 17.3 Å². The van der Waals surface area contributed by atoms with Crippen molar-refractivity contribution in [3.8, 4) is 11.4 Å². The lowest BCUT2D eigenvalue weighted by Crippen LogP contribution is -2.52. The Morgan fingerprint density at radius 3 is 2.66 bits per heavy atom. The molecule has 2 aliphatic heterocycles. The van der Waals surface area contributed by atoms with Crippen LogP contribution in [-0.2, 0) is 10.5 Å². The lowest BCUT2D eigenvalue weighted by molar-refractivity contribution is -0.122. The normalized spacial score (nSPS) is 19.3. The van der Waals surface area contributed by atoms with Crippen LogP contribution in [-0.4, -0.2) is 22.5 Å². The van der Waals surface area contributed by atoms with E-state index in [0.717, 1.165) is 44.9 Å². The second kappa shape index (κ2) is 5.39. The first-order valence-electron chi connectivity index (χ1n) is 9.47. The number of aryl methyl sites for hydroxylation is 1. The van der Waals surface area contributed by atoms with E-state index in [2.05, 4.69) is 5.32 Å². The molecule has 0 saturated heterocycles. The van der Waals surface area contributed by atoms with Crippen molar-refractivity contribution in [3.05, 3.63) is 76.8 Å². The number of amides is 1. The van der Waals surface area contributed by atoms with Gasteiger partial charge in [-0.1, -0.05) is 41.9 Å². The SMILES string of the molecule is Cc1ccc(Cl)c2c1N(C)C(=O)C21Nc2ccccc2-c2nc3ccccc3n21. The fourth-order valence-electron chi connectivity index (χ4n) is 4.81. The van der Waals surface area contributed by atoms with Gasteiger partial charge in [0.05, 0.1) is 27.3 Å². The monoisotopic (exact) mass is 400 g/mol. The van der Waals surface area contributed by atoms with Crippen LogP contribution in [0.5, 0.6) is 0 Å². The highest BCUT2D eigenvalue weighted by Gasteiger charge is 2.57. The molecule has 1 unspecified atom stereocenters. The Morgan fingerprint density at radius 2 is 1.79 bits per heavy atom. The van der Waals surface area contributed by atoms with Gasteiger partial charge in [0.1, 0.15) is 5.82 Å². The van der Waals surface area contributed by atoms with Crippen molar-refractivity contribution in [1.29, 1.82) is 0 Å². The highest BCUT2D eigenvalue weighted by atomic mass is 35.5. The van der Waals surface area contributed by atoms with Gasteiger partial charge < -0.3 is 10.2 Å². The maximum Gasteiger partial charge on any atom is 0.278 e. The van der Waals surface area contributed by atoms with Crippen molar-refractivity contribution in [2.45, 2.75) is 12.6 Å². The third-order valence-electron chi connectivity index (χ3n) is 6.02. The molecule has 1 N–H and O–H groups in total. The zero-order chi connectivity index (χ0) is 19.9. The molecule has 0 saturated carbocycles. The highest BCUT2D eigenvalue weighted by Crippen LogP contribution is 2.53. The minimum Gasteiger partial charge on any atom is -0.350 e. The Hall–Kier alpha value is -3.31. The molecule has 1 atom stereocenters. The summed E-state index contributed by atoms with van der Waals surface area (Å²) in [5.74, 6) is 0.676. The summed E-state index contributed by atoms with van der Waals surface area (Å²) in [5, 5.41) is 4.11. The first-order valence-corrected chi connectivity index (χ1v) is 9.85. The Morgan fingerprint density at radius 1 is 1.03 bits per heavy atom.